The zero-order valence-corrected chi connectivity index (χ0v) is 15.5. The molecule has 24 heavy (non-hydrogen) atoms. The van der Waals surface area contributed by atoms with Crippen molar-refractivity contribution in [3.8, 4) is 0 Å². The van der Waals surface area contributed by atoms with Crippen molar-refractivity contribution < 1.29 is 14.4 Å². The van der Waals surface area contributed by atoms with E-state index in [1.54, 1.807) is 6.07 Å². The van der Waals surface area contributed by atoms with E-state index in [2.05, 4.69) is 10.9 Å². The van der Waals surface area contributed by atoms with Gasteiger partial charge in [-0.05, 0) is 44.0 Å². The van der Waals surface area contributed by atoms with E-state index in [-0.39, 0.29) is 30.4 Å². The predicted octanol–water partition coefficient (Wildman–Crippen LogP) is 3.41. The maximum atomic E-state index is 12.0. The molecule has 2 amide bonds. The Labute approximate surface area is 149 Å². The number of rotatable bonds is 6. The largest absolute Gasteiger partial charge is 0.293 e. The molecular weight excluding hydrogens is 344 g/mol. The van der Waals surface area contributed by atoms with Gasteiger partial charge in [0.25, 0.3) is 5.91 Å². The highest BCUT2D eigenvalue weighted by Crippen LogP contribution is 2.22. The van der Waals surface area contributed by atoms with Crippen LogP contribution >= 0.6 is 22.7 Å². The van der Waals surface area contributed by atoms with Gasteiger partial charge in [0, 0.05) is 22.6 Å². The zero-order valence-electron chi connectivity index (χ0n) is 13.9. The van der Waals surface area contributed by atoms with Crippen LogP contribution in [0.5, 0.6) is 0 Å². The molecule has 0 fully saturated rings. The van der Waals surface area contributed by atoms with Crippen molar-refractivity contribution in [2.24, 2.45) is 0 Å². The van der Waals surface area contributed by atoms with Crippen LogP contribution in [0.1, 0.15) is 54.4 Å². The standard InChI is InChI=1S/C17H20N2O3S2/c1-4-13-10(2)9-15(24-13)17(22)19-18-16(21)8-6-12(20)14-7-5-11(3)23-14/h5,7,9H,4,6,8H2,1-3H3,(H,18,21)(H,19,22). The minimum absolute atomic E-state index is 0.0414. The van der Waals surface area contributed by atoms with Gasteiger partial charge in [0.1, 0.15) is 0 Å². The molecule has 0 saturated heterocycles. The summed E-state index contributed by atoms with van der Waals surface area (Å²) in [5, 5.41) is 0. The highest BCUT2D eigenvalue weighted by molar-refractivity contribution is 7.14. The van der Waals surface area contributed by atoms with Gasteiger partial charge in [0.05, 0.1) is 9.75 Å². The summed E-state index contributed by atoms with van der Waals surface area (Å²) in [6, 6.07) is 5.46. The van der Waals surface area contributed by atoms with Crippen LogP contribution in [0.4, 0.5) is 0 Å². The molecule has 5 nitrogen and oxygen atoms in total. The lowest BCUT2D eigenvalue weighted by Crippen LogP contribution is -2.41. The molecule has 2 aromatic rings. The molecule has 0 aliphatic rings. The fourth-order valence-electron chi connectivity index (χ4n) is 2.17. The van der Waals surface area contributed by atoms with E-state index in [1.165, 1.54) is 22.7 Å². The summed E-state index contributed by atoms with van der Waals surface area (Å²) in [6.45, 7) is 5.93. The fraction of sp³-hybridized carbons (Fsp3) is 0.353. The SMILES string of the molecule is CCc1sc(C(=O)NNC(=O)CCC(=O)c2ccc(C)s2)cc1C. The van der Waals surface area contributed by atoms with E-state index in [0.29, 0.717) is 9.75 Å². The molecule has 0 aliphatic carbocycles. The first kappa shape index (κ1) is 18.4. The normalized spacial score (nSPS) is 10.5. The number of Topliss-reactive ketones (excluding diaryl/α,β-unsaturated/α-hetero) is 1. The Hall–Kier alpha value is -1.99. The number of ketones is 1. The quantitative estimate of drug-likeness (QED) is 0.609. The molecule has 2 rings (SSSR count). The minimum Gasteiger partial charge on any atom is -0.293 e. The van der Waals surface area contributed by atoms with Crippen molar-refractivity contribution in [1.29, 1.82) is 0 Å². The van der Waals surface area contributed by atoms with E-state index in [9.17, 15) is 14.4 Å². The molecule has 0 aliphatic heterocycles. The van der Waals surface area contributed by atoms with Crippen molar-refractivity contribution in [3.05, 3.63) is 43.3 Å². The molecule has 0 radical (unpaired) electrons. The van der Waals surface area contributed by atoms with Crippen LogP contribution in [0, 0.1) is 13.8 Å². The van der Waals surface area contributed by atoms with E-state index >= 15 is 0 Å². The lowest BCUT2D eigenvalue weighted by atomic mass is 10.2. The molecule has 0 unspecified atom stereocenters. The maximum Gasteiger partial charge on any atom is 0.279 e. The van der Waals surface area contributed by atoms with Crippen molar-refractivity contribution in [2.45, 2.75) is 40.0 Å². The molecule has 0 aromatic carbocycles. The van der Waals surface area contributed by atoms with Gasteiger partial charge >= 0.3 is 0 Å². The number of amides is 2. The van der Waals surface area contributed by atoms with Crippen molar-refractivity contribution in [1.82, 2.24) is 10.9 Å². The van der Waals surface area contributed by atoms with E-state index in [4.69, 9.17) is 0 Å². The van der Waals surface area contributed by atoms with Crippen LogP contribution in [0.2, 0.25) is 0 Å². The Morgan fingerprint density at radius 2 is 1.75 bits per heavy atom. The lowest BCUT2D eigenvalue weighted by molar-refractivity contribution is -0.121. The molecule has 2 N–H and O–H groups in total. The van der Waals surface area contributed by atoms with Crippen molar-refractivity contribution >= 4 is 40.3 Å². The van der Waals surface area contributed by atoms with Crippen LogP contribution in [0.3, 0.4) is 0 Å². The summed E-state index contributed by atoms with van der Waals surface area (Å²) >= 11 is 2.84. The summed E-state index contributed by atoms with van der Waals surface area (Å²) in [5.41, 5.74) is 5.83. The molecule has 0 bridgehead atoms. The van der Waals surface area contributed by atoms with Crippen LogP contribution in [-0.2, 0) is 11.2 Å². The van der Waals surface area contributed by atoms with Crippen molar-refractivity contribution in [2.75, 3.05) is 0 Å². The predicted molar refractivity (Wildman–Crippen MR) is 96.7 cm³/mol. The summed E-state index contributed by atoms with van der Waals surface area (Å²) in [6.07, 6.45) is 1.04. The third-order valence-electron chi connectivity index (χ3n) is 3.48. The first-order valence-electron chi connectivity index (χ1n) is 7.68. The van der Waals surface area contributed by atoms with Crippen LogP contribution in [0.25, 0.3) is 0 Å². The second kappa shape index (κ2) is 8.21. The second-order valence-corrected chi connectivity index (χ2v) is 7.83. The van der Waals surface area contributed by atoms with Gasteiger partial charge in [-0.3, -0.25) is 25.2 Å². The van der Waals surface area contributed by atoms with Crippen LogP contribution < -0.4 is 10.9 Å². The second-order valence-electron chi connectivity index (χ2n) is 5.41. The Kier molecular flexibility index (Phi) is 6.28. The Bertz CT molecular complexity index is 762. The molecule has 0 spiro atoms. The third-order valence-corrected chi connectivity index (χ3v) is 5.90. The van der Waals surface area contributed by atoms with Gasteiger partial charge in [0.2, 0.25) is 5.91 Å². The summed E-state index contributed by atoms with van der Waals surface area (Å²) in [7, 11) is 0. The Morgan fingerprint density at radius 1 is 1.00 bits per heavy atom. The average molecular weight is 364 g/mol. The highest BCUT2D eigenvalue weighted by Gasteiger charge is 2.14. The lowest BCUT2D eigenvalue weighted by Gasteiger charge is -2.05. The molecule has 2 aromatic heterocycles. The van der Waals surface area contributed by atoms with Crippen LogP contribution in [-0.4, -0.2) is 17.6 Å². The molecule has 7 heteroatoms. The number of thiophene rings is 2. The monoisotopic (exact) mass is 364 g/mol. The average Bonchev–Trinajstić information content (AvgIpc) is 3.15. The third kappa shape index (κ3) is 4.75. The van der Waals surface area contributed by atoms with Gasteiger partial charge in [-0.1, -0.05) is 6.92 Å². The van der Waals surface area contributed by atoms with Crippen LogP contribution in [0.15, 0.2) is 18.2 Å². The maximum absolute atomic E-state index is 12.0. The smallest absolute Gasteiger partial charge is 0.279 e. The van der Waals surface area contributed by atoms with Gasteiger partial charge in [-0.25, -0.2) is 0 Å². The molecular formula is C17H20N2O3S2. The van der Waals surface area contributed by atoms with Gasteiger partial charge in [-0.2, -0.15) is 0 Å². The first-order valence-corrected chi connectivity index (χ1v) is 9.32. The topological polar surface area (TPSA) is 75.3 Å². The number of hydrogen-bond donors (Lipinski definition) is 2. The van der Waals surface area contributed by atoms with Gasteiger partial charge in [0.15, 0.2) is 5.78 Å². The van der Waals surface area contributed by atoms with E-state index in [0.717, 1.165) is 21.7 Å². The number of hydrogen-bond acceptors (Lipinski definition) is 5. The molecule has 2 heterocycles. The number of hydrazine groups is 1. The number of aryl methyl sites for hydroxylation is 3. The molecule has 128 valence electrons. The number of carbonyl (C=O) groups excluding carboxylic acids is 3. The highest BCUT2D eigenvalue weighted by atomic mass is 32.1. The zero-order chi connectivity index (χ0) is 17.7. The van der Waals surface area contributed by atoms with Gasteiger partial charge < -0.3 is 0 Å². The Balaban J connectivity index is 1.78. The number of nitrogens with one attached hydrogen (secondary N) is 2. The first-order chi connectivity index (χ1) is 11.4. The molecule has 0 saturated carbocycles. The summed E-state index contributed by atoms with van der Waals surface area (Å²) in [4.78, 5) is 39.2. The number of carbonyl (C=O) groups is 3. The van der Waals surface area contributed by atoms with Crippen molar-refractivity contribution in [3.63, 3.8) is 0 Å². The molecule has 0 atom stereocenters. The van der Waals surface area contributed by atoms with Gasteiger partial charge in [-0.15, -0.1) is 22.7 Å². The fourth-order valence-corrected chi connectivity index (χ4v) is 4.01. The van der Waals surface area contributed by atoms with E-state index in [1.807, 2.05) is 32.9 Å². The Morgan fingerprint density at radius 3 is 2.33 bits per heavy atom. The van der Waals surface area contributed by atoms with E-state index < -0.39 is 0 Å². The summed E-state index contributed by atoms with van der Waals surface area (Å²) < 4.78 is 0. The summed E-state index contributed by atoms with van der Waals surface area (Å²) in [5.74, 6) is -0.777. The minimum atomic E-state index is -0.381.